The summed E-state index contributed by atoms with van der Waals surface area (Å²) >= 11 is 0. The fourth-order valence-electron chi connectivity index (χ4n) is 19.2. The molecule has 18 unspecified atom stereocenters. The number of rotatable bonds is 2. The van der Waals surface area contributed by atoms with E-state index in [0.717, 1.165) is 118 Å². The Bertz CT molecular complexity index is 1090. The highest BCUT2D eigenvalue weighted by molar-refractivity contribution is 5.28. The Morgan fingerprint density at radius 3 is 2.05 bits per heavy atom. The lowest BCUT2D eigenvalue weighted by Crippen LogP contribution is -2.55. The van der Waals surface area contributed by atoms with Gasteiger partial charge >= 0.3 is 0 Å². The third-order valence-corrected chi connectivity index (χ3v) is 19.4. The third kappa shape index (κ3) is 3.48. The van der Waals surface area contributed by atoms with E-state index in [0.29, 0.717) is 5.41 Å². The summed E-state index contributed by atoms with van der Waals surface area (Å²) in [4.78, 5) is 0. The molecule has 0 N–H and O–H groups in total. The Labute approximate surface area is 266 Å². The summed E-state index contributed by atoms with van der Waals surface area (Å²) in [5.41, 5.74) is 1.36. The van der Waals surface area contributed by atoms with Crippen LogP contribution in [-0.4, -0.2) is 0 Å². The van der Waals surface area contributed by atoms with Crippen molar-refractivity contribution in [2.45, 2.75) is 144 Å². The van der Waals surface area contributed by atoms with Gasteiger partial charge in [0.15, 0.2) is 0 Å². The molecule has 0 aliphatic heterocycles. The molecular weight excluding hydrogens is 516 g/mol. The van der Waals surface area contributed by atoms with E-state index in [9.17, 15) is 0 Å². The van der Waals surface area contributed by atoms with Crippen molar-refractivity contribution < 1.29 is 0 Å². The van der Waals surface area contributed by atoms with Crippen LogP contribution in [0.25, 0.3) is 0 Å². The maximum atomic E-state index is 2.90. The van der Waals surface area contributed by atoms with Crippen LogP contribution in [-0.2, 0) is 0 Å². The Morgan fingerprint density at radius 1 is 0.512 bits per heavy atom. The topological polar surface area (TPSA) is 0 Å². The summed E-state index contributed by atoms with van der Waals surface area (Å²) in [6.07, 6.45) is 27.4. The van der Waals surface area contributed by atoms with Gasteiger partial charge in [0.05, 0.1) is 0 Å². The van der Waals surface area contributed by atoms with E-state index in [2.05, 4.69) is 34.6 Å². The van der Waals surface area contributed by atoms with E-state index < -0.39 is 0 Å². The van der Waals surface area contributed by atoms with Gasteiger partial charge in [-0.25, -0.2) is 0 Å². The van der Waals surface area contributed by atoms with E-state index in [1.54, 1.807) is 109 Å². The van der Waals surface area contributed by atoms with E-state index in [4.69, 9.17) is 0 Å². The molecule has 18 atom stereocenters. The van der Waals surface area contributed by atoms with Crippen LogP contribution in [0.5, 0.6) is 0 Å². The molecule has 0 aromatic heterocycles. The minimum atomic E-state index is 0.598. The second-order valence-corrected chi connectivity index (χ2v) is 21.1. The normalized spacial score (nSPS) is 61.1. The van der Waals surface area contributed by atoms with Crippen LogP contribution in [0.1, 0.15) is 144 Å². The zero-order valence-electron chi connectivity index (χ0n) is 29.0. The lowest BCUT2D eigenvalue weighted by atomic mass is 9.44. The first kappa shape index (κ1) is 28.1. The van der Waals surface area contributed by atoms with Crippen molar-refractivity contribution in [1.29, 1.82) is 0 Å². The molecule has 10 aliphatic rings. The molecule has 0 radical (unpaired) electrons. The highest BCUT2D eigenvalue weighted by Crippen LogP contribution is 2.86. The second kappa shape index (κ2) is 9.55. The summed E-state index contributed by atoms with van der Waals surface area (Å²) in [5.74, 6) is 20.8. The number of hydrogen-bond donors (Lipinski definition) is 0. The predicted molar refractivity (Wildman–Crippen MR) is 178 cm³/mol. The molecule has 10 aliphatic carbocycles. The SMILES string of the molecule is CC1CC2CC3CCC4CC(C(C)C)CC5CC6(C2C(C1)C1C(C2CCCCC2)C2C7CCCCC7C(C)(C)C2C16)C3C45. The maximum Gasteiger partial charge on any atom is -0.0193 e. The van der Waals surface area contributed by atoms with Gasteiger partial charge in [-0.15, -0.1) is 0 Å². The van der Waals surface area contributed by atoms with Crippen molar-refractivity contribution in [3.8, 4) is 0 Å². The van der Waals surface area contributed by atoms with Gasteiger partial charge in [-0.2, -0.15) is 0 Å². The van der Waals surface area contributed by atoms with Crippen molar-refractivity contribution in [3.63, 3.8) is 0 Å². The zero-order chi connectivity index (χ0) is 29.0. The van der Waals surface area contributed by atoms with Crippen molar-refractivity contribution in [3.05, 3.63) is 0 Å². The third-order valence-electron chi connectivity index (χ3n) is 19.4. The molecule has 0 heteroatoms. The predicted octanol–water partition coefficient (Wildman–Crippen LogP) is 11.5. The van der Waals surface area contributed by atoms with Gasteiger partial charge in [0.1, 0.15) is 0 Å². The van der Waals surface area contributed by atoms with Gasteiger partial charge in [-0.05, 0) is 187 Å². The molecule has 10 rings (SSSR count). The van der Waals surface area contributed by atoms with Crippen molar-refractivity contribution in [2.75, 3.05) is 0 Å². The van der Waals surface area contributed by atoms with Gasteiger partial charge in [0, 0.05) is 0 Å². The average Bonchev–Trinajstić information content (AvgIpc) is 3.68. The smallest absolute Gasteiger partial charge is 0.0193 e. The lowest BCUT2D eigenvalue weighted by Gasteiger charge is -2.61. The lowest BCUT2D eigenvalue weighted by molar-refractivity contribution is -0.130. The van der Waals surface area contributed by atoms with Gasteiger partial charge in [-0.3, -0.25) is 0 Å². The highest BCUT2D eigenvalue weighted by Gasteiger charge is 2.81. The van der Waals surface area contributed by atoms with Crippen LogP contribution in [0.2, 0.25) is 0 Å². The minimum absolute atomic E-state index is 0.598. The molecule has 0 amide bonds. The van der Waals surface area contributed by atoms with Crippen LogP contribution in [0.4, 0.5) is 0 Å². The maximum absolute atomic E-state index is 2.90. The molecule has 43 heavy (non-hydrogen) atoms. The van der Waals surface area contributed by atoms with Crippen molar-refractivity contribution in [1.82, 2.24) is 0 Å². The molecule has 0 aromatic rings. The highest BCUT2D eigenvalue weighted by atomic mass is 14.9. The summed E-state index contributed by atoms with van der Waals surface area (Å²) < 4.78 is 0. The standard InChI is InChI=1S/C43H68/c1-23(2)28-19-26-15-16-27-20-29-17-24(3)18-32-37-35(25-11-7-6-8-12-25)36-31-13-9-10-14-33(31)42(4,5)40(36)41(37)43(38(29)32)22-30(21-28)34(26)39(27)43/h23-41H,6-22H2,1-5H3. The van der Waals surface area contributed by atoms with Crippen LogP contribution >= 0.6 is 0 Å². The molecule has 10 saturated carbocycles. The Balaban J connectivity index is 1.17. The van der Waals surface area contributed by atoms with Crippen LogP contribution in [0.15, 0.2) is 0 Å². The molecule has 0 saturated heterocycles. The van der Waals surface area contributed by atoms with Gasteiger partial charge in [-0.1, -0.05) is 79.6 Å². The van der Waals surface area contributed by atoms with Crippen molar-refractivity contribution in [2.24, 2.45) is 123 Å². The molecule has 0 nitrogen and oxygen atoms in total. The first-order chi connectivity index (χ1) is 20.8. The molecule has 10 fully saturated rings. The molecule has 240 valence electrons. The minimum Gasteiger partial charge on any atom is -0.0625 e. The van der Waals surface area contributed by atoms with Crippen molar-refractivity contribution >= 4 is 0 Å². The largest absolute Gasteiger partial charge is 0.0625 e. The monoisotopic (exact) mass is 585 g/mol. The Hall–Kier alpha value is 0. The fourth-order valence-corrected chi connectivity index (χ4v) is 19.2. The molecule has 0 bridgehead atoms. The molecule has 0 heterocycles. The van der Waals surface area contributed by atoms with E-state index >= 15 is 0 Å². The molecular formula is C43H68. The van der Waals surface area contributed by atoms with Crippen LogP contribution in [0.3, 0.4) is 0 Å². The van der Waals surface area contributed by atoms with Gasteiger partial charge in [0.2, 0.25) is 0 Å². The van der Waals surface area contributed by atoms with Gasteiger partial charge < -0.3 is 0 Å². The summed E-state index contributed by atoms with van der Waals surface area (Å²) in [6.45, 7) is 13.7. The first-order valence-corrected chi connectivity index (χ1v) is 20.8. The quantitative estimate of drug-likeness (QED) is 0.303. The molecule has 1 spiro atoms. The molecule has 0 aromatic carbocycles. The van der Waals surface area contributed by atoms with Gasteiger partial charge in [0.25, 0.3) is 0 Å². The summed E-state index contributed by atoms with van der Waals surface area (Å²) in [5, 5.41) is 0. The number of hydrogen-bond acceptors (Lipinski definition) is 0. The Morgan fingerprint density at radius 2 is 1.23 bits per heavy atom. The van der Waals surface area contributed by atoms with Crippen LogP contribution in [0, 0.1) is 123 Å². The zero-order valence-corrected chi connectivity index (χ0v) is 29.0. The van der Waals surface area contributed by atoms with E-state index in [1.807, 2.05) is 0 Å². The second-order valence-electron chi connectivity index (χ2n) is 21.1. The summed E-state index contributed by atoms with van der Waals surface area (Å²) in [6, 6.07) is 0. The van der Waals surface area contributed by atoms with E-state index in [-0.39, 0.29) is 0 Å². The van der Waals surface area contributed by atoms with Crippen LogP contribution < -0.4 is 0 Å². The Kier molecular flexibility index (Phi) is 6.23. The average molecular weight is 585 g/mol. The van der Waals surface area contributed by atoms with E-state index in [1.165, 1.54) is 0 Å². The summed E-state index contributed by atoms with van der Waals surface area (Å²) in [7, 11) is 0. The fraction of sp³-hybridized carbons (Fsp3) is 1.00. The first-order valence-electron chi connectivity index (χ1n) is 20.8. The number of fused-ring (bicyclic) bond motifs is 6.